The Morgan fingerprint density at radius 1 is 1.46 bits per heavy atom. The second kappa shape index (κ2) is 3.18. The van der Waals surface area contributed by atoms with E-state index in [1.54, 1.807) is 0 Å². The average Bonchev–Trinajstić information content (AvgIpc) is 2.59. The smallest absolute Gasteiger partial charge is 0.112 e. The number of benzene rings is 1. The molecule has 0 bridgehead atoms. The van der Waals surface area contributed by atoms with E-state index < -0.39 is 0 Å². The van der Waals surface area contributed by atoms with Crippen molar-refractivity contribution in [1.82, 2.24) is 9.97 Å². The lowest BCUT2D eigenvalue weighted by molar-refractivity contribution is 0.269. The van der Waals surface area contributed by atoms with Crippen molar-refractivity contribution >= 4 is 11.0 Å². The van der Waals surface area contributed by atoms with Crippen LogP contribution in [-0.4, -0.2) is 21.7 Å². The summed E-state index contributed by atoms with van der Waals surface area (Å²) in [5.41, 5.74) is 1.98. The summed E-state index contributed by atoms with van der Waals surface area (Å²) in [4.78, 5) is 7.54. The molecular weight excluding hydrogens is 164 g/mol. The number of aromatic amines is 1. The van der Waals surface area contributed by atoms with E-state index in [4.69, 9.17) is 5.11 Å². The minimum absolute atomic E-state index is 0.0763. The van der Waals surface area contributed by atoms with E-state index in [9.17, 15) is 0 Å². The Kier molecular flexibility index (Phi) is 2.02. The molecule has 0 aliphatic rings. The lowest BCUT2D eigenvalue weighted by Crippen LogP contribution is -2.00. The van der Waals surface area contributed by atoms with Gasteiger partial charge in [0, 0.05) is 5.92 Å². The summed E-state index contributed by atoms with van der Waals surface area (Å²) in [6.45, 7) is 2.07. The van der Waals surface area contributed by atoms with Gasteiger partial charge in [-0.05, 0) is 12.1 Å². The normalized spacial score (nSPS) is 13.4. The largest absolute Gasteiger partial charge is 0.396 e. The Hall–Kier alpha value is -1.35. The summed E-state index contributed by atoms with van der Waals surface area (Å²) < 4.78 is 0. The van der Waals surface area contributed by atoms with E-state index in [1.807, 2.05) is 31.2 Å². The number of aliphatic hydroxyl groups excluding tert-OH is 1. The van der Waals surface area contributed by atoms with Gasteiger partial charge in [0.25, 0.3) is 0 Å². The summed E-state index contributed by atoms with van der Waals surface area (Å²) in [5, 5.41) is 8.95. The highest BCUT2D eigenvalue weighted by molar-refractivity contribution is 5.74. The van der Waals surface area contributed by atoms with Crippen molar-refractivity contribution in [2.24, 2.45) is 0 Å². The van der Waals surface area contributed by atoms with Gasteiger partial charge in [-0.1, -0.05) is 19.1 Å². The molecule has 0 aliphatic heterocycles. The standard InChI is InChI=1S/C10H12N2O/c1-7(6-13)10-11-8-4-2-3-5-9(8)12-10/h2-5,7,13H,6H2,1H3,(H,11,12). The lowest BCUT2D eigenvalue weighted by Gasteiger charge is -2.00. The van der Waals surface area contributed by atoms with Gasteiger partial charge in [-0.2, -0.15) is 0 Å². The van der Waals surface area contributed by atoms with Crippen LogP contribution in [-0.2, 0) is 0 Å². The number of H-pyrrole nitrogens is 1. The molecule has 1 atom stereocenters. The Labute approximate surface area is 76.4 Å². The number of aliphatic hydroxyl groups is 1. The van der Waals surface area contributed by atoms with Crippen LogP contribution in [0.5, 0.6) is 0 Å². The zero-order chi connectivity index (χ0) is 9.26. The van der Waals surface area contributed by atoms with E-state index in [-0.39, 0.29) is 12.5 Å². The van der Waals surface area contributed by atoms with Crippen molar-refractivity contribution in [1.29, 1.82) is 0 Å². The van der Waals surface area contributed by atoms with Crippen molar-refractivity contribution in [3.8, 4) is 0 Å². The first-order valence-corrected chi connectivity index (χ1v) is 4.37. The molecule has 0 saturated heterocycles. The van der Waals surface area contributed by atoms with Crippen LogP contribution in [0.3, 0.4) is 0 Å². The molecule has 13 heavy (non-hydrogen) atoms. The third-order valence-electron chi connectivity index (χ3n) is 2.15. The molecule has 0 aliphatic carbocycles. The van der Waals surface area contributed by atoms with Crippen molar-refractivity contribution in [3.05, 3.63) is 30.1 Å². The fraction of sp³-hybridized carbons (Fsp3) is 0.300. The van der Waals surface area contributed by atoms with Gasteiger partial charge in [0.15, 0.2) is 0 Å². The first-order chi connectivity index (χ1) is 6.31. The van der Waals surface area contributed by atoms with E-state index in [0.717, 1.165) is 16.9 Å². The number of fused-ring (bicyclic) bond motifs is 1. The zero-order valence-electron chi connectivity index (χ0n) is 7.49. The summed E-state index contributed by atoms with van der Waals surface area (Å²) in [5.74, 6) is 0.927. The highest BCUT2D eigenvalue weighted by Gasteiger charge is 2.08. The molecule has 2 aromatic rings. The predicted molar refractivity (Wildman–Crippen MR) is 51.6 cm³/mol. The monoisotopic (exact) mass is 176 g/mol. The van der Waals surface area contributed by atoms with E-state index >= 15 is 0 Å². The van der Waals surface area contributed by atoms with Gasteiger partial charge in [-0.25, -0.2) is 4.98 Å². The van der Waals surface area contributed by atoms with Crippen molar-refractivity contribution in [2.45, 2.75) is 12.8 Å². The number of hydrogen-bond acceptors (Lipinski definition) is 2. The fourth-order valence-electron chi connectivity index (χ4n) is 1.29. The molecule has 0 amide bonds. The second-order valence-electron chi connectivity index (χ2n) is 3.22. The Morgan fingerprint density at radius 3 is 2.92 bits per heavy atom. The molecular formula is C10H12N2O. The van der Waals surface area contributed by atoms with Crippen LogP contribution in [0.4, 0.5) is 0 Å². The summed E-state index contributed by atoms with van der Waals surface area (Å²) in [7, 11) is 0. The molecule has 3 nitrogen and oxygen atoms in total. The van der Waals surface area contributed by atoms with Gasteiger partial charge in [0.05, 0.1) is 17.6 Å². The third-order valence-corrected chi connectivity index (χ3v) is 2.15. The van der Waals surface area contributed by atoms with Crippen LogP contribution < -0.4 is 0 Å². The molecule has 1 aromatic heterocycles. The fourth-order valence-corrected chi connectivity index (χ4v) is 1.29. The lowest BCUT2D eigenvalue weighted by atomic mass is 10.2. The molecule has 1 heterocycles. The highest BCUT2D eigenvalue weighted by Crippen LogP contribution is 2.16. The SMILES string of the molecule is CC(CO)c1nc2ccccc2[nH]1. The second-order valence-corrected chi connectivity index (χ2v) is 3.22. The molecule has 0 radical (unpaired) electrons. The number of imidazole rings is 1. The first kappa shape index (κ1) is 8.26. The summed E-state index contributed by atoms with van der Waals surface area (Å²) >= 11 is 0. The minimum atomic E-state index is 0.0763. The maximum atomic E-state index is 8.95. The summed E-state index contributed by atoms with van der Waals surface area (Å²) in [6, 6.07) is 7.86. The third kappa shape index (κ3) is 1.42. The number of nitrogens with one attached hydrogen (secondary N) is 1. The van der Waals surface area contributed by atoms with Crippen LogP contribution in [0.25, 0.3) is 11.0 Å². The molecule has 1 aromatic carbocycles. The van der Waals surface area contributed by atoms with Gasteiger partial charge in [0.1, 0.15) is 5.82 Å². The van der Waals surface area contributed by atoms with Gasteiger partial charge >= 0.3 is 0 Å². The first-order valence-electron chi connectivity index (χ1n) is 4.37. The Morgan fingerprint density at radius 2 is 2.23 bits per heavy atom. The minimum Gasteiger partial charge on any atom is -0.396 e. The molecule has 2 N–H and O–H groups in total. The maximum Gasteiger partial charge on any atom is 0.112 e. The Bertz CT molecular complexity index is 375. The number of nitrogens with zero attached hydrogens (tertiary/aromatic N) is 1. The van der Waals surface area contributed by atoms with Crippen LogP contribution in [0.2, 0.25) is 0 Å². The quantitative estimate of drug-likeness (QED) is 0.731. The predicted octanol–water partition coefficient (Wildman–Crippen LogP) is 1.66. The number of rotatable bonds is 2. The molecule has 0 saturated carbocycles. The molecule has 2 rings (SSSR count). The van der Waals surface area contributed by atoms with Gasteiger partial charge in [-0.15, -0.1) is 0 Å². The highest BCUT2D eigenvalue weighted by atomic mass is 16.3. The maximum absolute atomic E-state index is 8.95. The molecule has 0 fully saturated rings. The average molecular weight is 176 g/mol. The van der Waals surface area contributed by atoms with E-state index in [1.165, 1.54) is 0 Å². The van der Waals surface area contributed by atoms with Crippen molar-refractivity contribution in [2.75, 3.05) is 6.61 Å². The van der Waals surface area contributed by atoms with Crippen LogP contribution in [0.1, 0.15) is 18.7 Å². The molecule has 0 spiro atoms. The van der Waals surface area contributed by atoms with Gasteiger partial charge in [-0.3, -0.25) is 0 Å². The Balaban J connectivity index is 2.49. The topological polar surface area (TPSA) is 48.9 Å². The van der Waals surface area contributed by atoms with Crippen molar-refractivity contribution in [3.63, 3.8) is 0 Å². The van der Waals surface area contributed by atoms with E-state index in [0.29, 0.717) is 0 Å². The summed E-state index contributed by atoms with van der Waals surface area (Å²) in [6.07, 6.45) is 0. The molecule has 3 heteroatoms. The van der Waals surface area contributed by atoms with Crippen LogP contribution in [0.15, 0.2) is 24.3 Å². The number of para-hydroxylation sites is 2. The number of hydrogen-bond donors (Lipinski definition) is 2. The zero-order valence-corrected chi connectivity index (χ0v) is 7.49. The van der Waals surface area contributed by atoms with Gasteiger partial charge < -0.3 is 10.1 Å². The number of aromatic nitrogens is 2. The van der Waals surface area contributed by atoms with E-state index in [2.05, 4.69) is 9.97 Å². The van der Waals surface area contributed by atoms with Gasteiger partial charge in [0.2, 0.25) is 0 Å². The van der Waals surface area contributed by atoms with Crippen molar-refractivity contribution < 1.29 is 5.11 Å². The molecule has 1 unspecified atom stereocenters. The van der Waals surface area contributed by atoms with Crippen LogP contribution >= 0.6 is 0 Å². The molecule has 68 valence electrons. The van der Waals surface area contributed by atoms with Crippen LogP contribution in [0, 0.1) is 0 Å².